The largest absolute Gasteiger partial charge is 0.396 e. The second kappa shape index (κ2) is 14.9. The number of hydrogen-bond donors (Lipinski definition) is 3. The van der Waals surface area contributed by atoms with Gasteiger partial charge in [0.2, 0.25) is 0 Å². The van der Waals surface area contributed by atoms with Gasteiger partial charge in [0, 0.05) is 43.7 Å². The van der Waals surface area contributed by atoms with Crippen molar-refractivity contribution < 1.29 is 5.11 Å². The fourth-order valence-electron chi connectivity index (χ4n) is 2.44. The number of guanidine groups is 1. The molecule has 0 spiro atoms. The summed E-state index contributed by atoms with van der Waals surface area (Å²) in [7, 11) is 0. The minimum atomic E-state index is 0. The normalized spacial score (nSPS) is 12.6. The van der Waals surface area contributed by atoms with E-state index in [2.05, 4.69) is 39.8 Å². The van der Waals surface area contributed by atoms with Crippen LogP contribution >= 0.6 is 35.3 Å². The predicted molar refractivity (Wildman–Crippen MR) is 115 cm³/mol. The average Bonchev–Trinajstić information content (AvgIpc) is 2.94. The molecule has 0 aliphatic carbocycles. The molecule has 7 heteroatoms. The Morgan fingerprint density at radius 3 is 2.71 bits per heavy atom. The van der Waals surface area contributed by atoms with E-state index in [1.807, 2.05) is 6.92 Å². The van der Waals surface area contributed by atoms with Gasteiger partial charge in [0.15, 0.2) is 5.96 Å². The summed E-state index contributed by atoms with van der Waals surface area (Å²) in [6, 6.07) is 0. The van der Waals surface area contributed by atoms with E-state index in [4.69, 9.17) is 5.11 Å². The first-order valence-corrected chi connectivity index (χ1v) is 9.61. The number of nitrogens with zero attached hydrogens (tertiary/aromatic N) is 2. The maximum absolute atomic E-state index is 9.13. The van der Waals surface area contributed by atoms with Crippen molar-refractivity contribution in [2.45, 2.75) is 52.9 Å². The highest BCUT2D eigenvalue weighted by Crippen LogP contribution is 2.11. The molecule has 1 atom stereocenters. The zero-order chi connectivity index (χ0) is 16.9. The highest BCUT2D eigenvalue weighted by atomic mass is 127. The van der Waals surface area contributed by atoms with Crippen molar-refractivity contribution >= 4 is 41.3 Å². The number of aliphatic hydroxyl groups excluding tert-OH is 1. The molecule has 0 aliphatic rings. The molecule has 1 aromatic rings. The fraction of sp³-hybridized carbons (Fsp3) is 0.765. The van der Waals surface area contributed by atoms with Gasteiger partial charge in [-0.25, -0.2) is 4.98 Å². The molecule has 1 aromatic heterocycles. The van der Waals surface area contributed by atoms with Crippen LogP contribution in [0, 0.1) is 12.8 Å². The third-order valence-electron chi connectivity index (χ3n) is 3.61. The van der Waals surface area contributed by atoms with Crippen LogP contribution in [0.3, 0.4) is 0 Å². The third kappa shape index (κ3) is 10.5. The molecular formula is C17H33IN4OS. The van der Waals surface area contributed by atoms with Crippen LogP contribution in [0.1, 0.15) is 50.2 Å². The first-order valence-electron chi connectivity index (χ1n) is 8.73. The number of rotatable bonds is 11. The van der Waals surface area contributed by atoms with Gasteiger partial charge in [-0.1, -0.05) is 13.3 Å². The van der Waals surface area contributed by atoms with Crippen molar-refractivity contribution in [3.05, 3.63) is 16.1 Å². The second-order valence-corrected chi connectivity index (χ2v) is 6.74. The summed E-state index contributed by atoms with van der Waals surface area (Å²) in [4.78, 5) is 9.16. The fourth-order valence-corrected chi connectivity index (χ4v) is 3.26. The van der Waals surface area contributed by atoms with Crippen LogP contribution in [0.15, 0.2) is 10.4 Å². The lowest BCUT2D eigenvalue weighted by Crippen LogP contribution is -2.38. The number of nitrogens with one attached hydrogen (secondary N) is 2. The van der Waals surface area contributed by atoms with Crippen LogP contribution < -0.4 is 10.6 Å². The second-order valence-electron chi connectivity index (χ2n) is 5.80. The van der Waals surface area contributed by atoms with Crippen molar-refractivity contribution in [3.8, 4) is 0 Å². The molecule has 0 saturated heterocycles. The van der Waals surface area contributed by atoms with Gasteiger partial charge >= 0.3 is 0 Å². The van der Waals surface area contributed by atoms with E-state index in [0.29, 0.717) is 5.92 Å². The minimum Gasteiger partial charge on any atom is -0.396 e. The number of aryl methyl sites for hydroxylation is 2. The molecule has 0 bridgehead atoms. The molecule has 24 heavy (non-hydrogen) atoms. The van der Waals surface area contributed by atoms with E-state index in [-0.39, 0.29) is 30.6 Å². The molecule has 3 N–H and O–H groups in total. The van der Waals surface area contributed by atoms with Gasteiger partial charge in [0.1, 0.15) is 0 Å². The van der Waals surface area contributed by atoms with Crippen LogP contribution in [0.2, 0.25) is 0 Å². The van der Waals surface area contributed by atoms with Crippen LogP contribution in [0.4, 0.5) is 0 Å². The van der Waals surface area contributed by atoms with Crippen molar-refractivity contribution in [2.75, 3.05) is 26.2 Å². The first kappa shape index (κ1) is 23.6. The van der Waals surface area contributed by atoms with Crippen molar-refractivity contribution in [2.24, 2.45) is 10.9 Å². The Morgan fingerprint density at radius 1 is 1.33 bits per heavy atom. The van der Waals surface area contributed by atoms with E-state index in [1.54, 1.807) is 11.3 Å². The summed E-state index contributed by atoms with van der Waals surface area (Å²) in [6.07, 6.45) is 5.14. The minimum absolute atomic E-state index is 0. The maximum Gasteiger partial charge on any atom is 0.191 e. The number of halogens is 1. The van der Waals surface area contributed by atoms with E-state index in [0.717, 1.165) is 63.4 Å². The summed E-state index contributed by atoms with van der Waals surface area (Å²) < 4.78 is 0. The van der Waals surface area contributed by atoms with E-state index in [9.17, 15) is 0 Å². The van der Waals surface area contributed by atoms with E-state index >= 15 is 0 Å². The Morgan fingerprint density at radius 2 is 2.12 bits per heavy atom. The number of aliphatic hydroxyl groups is 1. The summed E-state index contributed by atoms with van der Waals surface area (Å²) in [5.41, 5.74) is 1.11. The molecule has 0 aromatic carbocycles. The SMILES string of the molecule is CCCC(CCO)CN=C(NCC)NCCCc1nc(C)cs1.I. The Bertz CT molecular complexity index is 448. The molecule has 0 aliphatic heterocycles. The predicted octanol–water partition coefficient (Wildman–Crippen LogP) is 3.36. The monoisotopic (exact) mass is 468 g/mol. The Balaban J connectivity index is 0.00000529. The molecule has 0 radical (unpaired) electrons. The number of thiazole rings is 1. The summed E-state index contributed by atoms with van der Waals surface area (Å²) >= 11 is 1.74. The van der Waals surface area contributed by atoms with Gasteiger partial charge in [-0.2, -0.15) is 0 Å². The lowest BCUT2D eigenvalue weighted by atomic mass is 10.0. The standard InChI is InChI=1S/C17H32N4OS.HI/c1-4-7-15(9-11-22)12-20-17(18-5-2)19-10-6-8-16-21-14(3)13-23-16;/h13,15,22H,4-12H2,1-3H3,(H2,18,19,20);1H. The van der Waals surface area contributed by atoms with Crippen LogP contribution in [0.25, 0.3) is 0 Å². The molecule has 0 saturated carbocycles. The van der Waals surface area contributed by atoms with Crippen LogP contribution in [-0.4, -0.2) is 42.3 Å². The van der Waals surface area contributed by atoms with Gasteiger partial charge in [-0.15, -0.1) is 35.3 Å². The van der Waals surface area contributed by atoms with Crippen molar-refractivity contribution in [3.63, 3.8) is 0 Å². The zero-order valence-corrected chi connectivity index (χ0v) is 18.3. The molecule has 5 nitrogen and oxygen atoms in total. The van der Waals surface area contributed by atoms with Crippen LogP contribution in [0.5, 0.6) is 0 Å². The van der Waals surface area contributed by atoms with E-state index in [1.165, 1.54) is 5.01 Å². The van der Waals surface area contributed by atoms with E-state index < -0.39 is 0 Å². The first-order chi connectivity index (χ1) is 11.2. The molecule has 0 fully saturated rings. The lowest BCUT2D eigenvalue weighted by molar-refractivity contribution is 0.253. The summed E-state index contributed by atoms with van der Waals surface area (Å²) in [5.74, 6) is 1.35. The summed E-state index contributed by atoms with van der Waals surface area (Å²) in [5, 5.41) is 19.1. The highest BCUT2D eigenvalue weighted by Gasteiger charge is 2.07. The Kier molecular flexibility index (Phi) is 14.6. The Hall–Kier alpha value is -0.410. The van der Waals surface area contributed by atoms with Crippen molar-refractivity contribution in [1.82, 2.24) is 15.6 Å². The van der Waals surface area contributed by atoms with Gasteiger partial charge in [-0.3, -0.25) is 4.99 Å². The van der Waals surface area contributed by atoms with Gasteiger partial charge in [-0.05, 0) is 39.0 Å². The number of aliphatic imine (C=N–C) groups is 1. The third-order valence-corrected chi connectivity index (χ3v) is 4.64. The quantitative estimate of drug-likeness (QED) is 0.202. The average molecular weight is 468 g/mol. The van der Waals surface area contributed by atoms with Crippen LogP contribution in [-0.2, 0) is 6.42 Å². The molecule has 140 valence electrons. The van der Waals surface area contributed by atoms with Gasteiger partial charge < -0.3 is 15.7 Å². The smallest absolute Gasteiger partial charge is 0.191 e. The molecule has 1 heterocycles. The Labute approximate surface area is 167 Å². The number of aromatic nitrogens is 1. The lowest BCUT2D eigenvalue weighted by Gasteiger charge is -2.15. The number of hydrogen-bond acceptors (Lipinski definition) is 4. The molecule has 1 rings (SSSR count). The zero-order valence-electron chi connectivity index (χ0n) is 15.2. The topological polar surface area (TPSA) is 69.5 Å². The van der Waals surface area contributed by atoms with Gasteiger partial charge in [0.25, 0.3) is 0 Å². The van der Waals surface area contributed by atoms with Gasteiger partial charge in [0.05, 0.1) is 5.01 Å². The molecule has 1 unspecified atom stereocenters. The van der Waals surface area contributed by atoms with Crippen molar-refractivity contribution in [1.29, 1.82) is 0 Å². The highest BCUT2D eigenvalue weighted by molar-refractivity contribution is 14.0. The molecular weight excluding hydrogens is 435 g/mol. The maximum atomic E-state index is 9.13. The molecule has 0 amide bonds. The summed E-state index contributed by atoms with van der Waals surface area (Å²) in [6.45, 7) is 9.06.